The Bertz CT molecular complexity index is 712. The van der Waals surface area contributed by atoms with Crippen molar-refractivity contribution in [2.24, 2.45) is 16.9 Å². The Labute approximate surface area is 128 Å². The molecule has 3 rings (SSSR count). The number of carbonyl (C=O) groups excluding carboxylic acids is 1. The topological polar surface area (TPSA) is 75.6 Å². The van der Waals surface area contributed by atoms with Crippen molar-refractivity contribution in [2.45, 2.75) is 30.0 Å². The van der Waals surface area contributed by atoms with Crippen LogP contribution in [0.2, 0.25) is 0 Å². The molecular formula is C14H15ClN2O3S. The summed E-state index contributed by atoms with van der Waals surface area (Å²) < 4.78 is 24.3. The third kappa shape index (κ3) is 2.46. The van der Waals surface area contributed by atoms with E-state index in [1.54, 1.807) is 12.1 Å². The van der Waals surface area contributed by atoms with Gasteiger partial charge in [-0.3, -0.25) is 4.79 Å². The maximum Gasteiger partial charge on any atom is 0.276 e. The number of ketones is 1. The van der Waals surface area contributed by atoms with Gasteiger partial charge in [0.25, 0.3) is 10.0 Å². The van der Waals surface area contributed by atoms with Crippen molar-refractivity contribution in [1.29, 1.82) is 0 Å². The zero-order valence-corrected chi connectivity index (χ0v) is 13.0. The molecule has 0 spiro atoms. The molecule has 0 radical (unpaired) electrons. The molecule has 0 saturated heterocycles. The standard InChI is InChI=1S/C14H15ClN2O3S/c1-8-2-4-9(5-3-8)21(19,20)17-16-13-10-6-7-11(12(10)15)14(13)18/h2-5,10-12,17H,6-7H2,1H3/b16-13-/t10-,11-,12+/m0/s1. The zero-order chi connectivity index (χ0) is 15.2. The van der Waals surface area contributed by atoms with Gasteiger partial charge in [-0.2, -0.15) is 18.4 Å². The number of halogens is 1. The lowest BCUT2D eigenvalue weighted by Crippen LogP contribution is -2.27. The van der Waals surface area contributed by atoms with E-state index in [-0.39, 0.29) is 33.6 Å². The van der Waals surface area contributed by atoms with Gasteiger partial charge in [0.05, 0.1) is 10.3 Å². The molecule has 0 unspecified atom stereocenters. The third-order valence-corrected chi connectivity index (χ3v) is 5.95. The number of fused-ring (bicyclic) bond motifs is 2. The molecule has 1 aromatic rings. The number of nitrogens with one attached hydrogen (secondary N) is 1. The van der Waals surface area contributed by atoms with Crippen molar-refractivity contribution in [3.05, 3.63) is 29.8 Å². The number of hydrazone groups is 1. The van der Waals surface area contributed by atoms with Crippen molar-refractivity contribution in [3.8, 4) is 0 Å². The van der Waals surface area contributed by atoms with Gasteiger partial charge in [-0.05, 0) is 31.9 Å². The molecule has 2 aliphatic rings. The van der Waals surface area contributed by atoms with E-state index < -0.39 is 10.0 Å². The molecule has 7 heteroatoms. The first-order valence-electron chi connectivity index (χ1n) is 6.74. The average molecular weight is 327 g/mol. The van der Waals surface area contributed by atoms with Gasteiger partial charge >= 0.3 is 0 Å². The molecule has 112 valence electrons. The van der Waals surface area contributed by atoms with Crippen molar-refractivity contribution >= 4 is 33.1 Å². The third-order valence-electron chi connectivity index (χ3n) is 4.12. The second-order valence-corrected chi connectivity index (χ2v) is 7.67. The van der Waals surface area contributed by atoms with Crippen LogP contribution < -0.4 is 4.83 Å². The molecule has 2 bridgehead atoms. The molecule has 5 nitrogen and oxygen atoms in total. The first-order valence-corrected chi connectivity index (χ1v) is 8.66. The summed E-state index contributed by atoms with van der Waals surface area (Å²) >= 11 is 6.17. The SMILES string of the molecule is Cc1ccc(S(=O)(=O)N/N=C2\C(=O)[C@H]3CC[C@H]2[C@H]3Cl)cc1. The fourth-order valence-corrected chi connectivity index (χ4v) is 4.22. The number of hydrogen-bond donors (Lipinski definition) is 1. The van der Waals surface area contributed by atoms with Gasteiger partial charge < -0.3 is 0 Å². The lowest BCUT2D eigenvalue weighted by molar-refractivity contribution is -0.115. The van der Waals surface area contributed by atoms with Crippen molar-refractivity contribution in [2.75, 3.05) is 0 Å². The van der Waals surface area contributed by atoms with E-state index in [4.69, 9.17) is 11.6 Å². The largest absolute Gasteiger partial charge is 0.292 e. The number of alkyl halides is 1. The Morgan fingerprint density at radius 3 is 2.38 bits per heavy atom. The molecular weight excluding hydrogens is 312 g/mol. The van der Waals surface area contributed by atoms with Gasteiger partial charge in [0, 0.05) is 11.8 Å². The molecule has 2 aliphatic carbocycles. The maximum absolute atomic E-state index is 12.1. The number of sulfonamides is 1. The fraction of sp³-hybridized carbons (Fsp3) is 0.429. The van der Waals surface area contributed by atoms with Crippen molar-refractivity contribution in [3.63, 3.8) is 0 Å². The minimum absolute atomic E-state index is 0.121. The number of Topliss-reactive ketones (excluding diaryl/α,β-unsaturated/α-hetero) is 1. The predicted molar refractivity (Wildman–Crippen MR) is 79.8 cm³/mol. The molecule has 0 aliphatic heterocycles. The number of carbonyl (C=O) groups is 1. The maximum atomic E-state index is 12.1. The molecule has 0 aromatic heterocycles. The van der Waals surface area contributed by atoms with Gasteiger partial charge in [0.1, 0.15) is 5.71 Å². The second kappa shape index (κ2) is 5.10. The van der Waals surface area contributed by atoms with Gasteiger partial charge in [-0.25, -0.2) is 0 Å². The van der Waals surface area contributed by atoms with E-state index in [1.807, 2.05) is 6.92 Å². The van der Waals surface area contributed by atoms with E-state index in [1.165, 1.54) is 12.1 Å². The second-order valence-electron chi connectivity index (χ2n) is 5.50. The van der Waals surface area contributed by atoms with Crippen LogP contribution in [0.5, 0.6) is 0 Å². The Balaban J connectivity index is 1.82. The van der Waals surface area contributed by atoms with Crippen LogP contribution in [0.4, 0.5) is 0 Å². The van der Waals surface area contributed by atoms with Crippen LogP contribution in [0, 0.1) is 18.8 Å². The van der Waals surface area contributed by atoms with Crippen LogP contribution in [-0.4, -0.2) is 25.3 Å². The summed E-state index contributed by atoms with van der Waals surface area (Å²) in [7, 11) is -3.76. The number of rotatable bonds is 3. The molecule has 2 fully saturated rings. The molecule has 1 N–H and O–H groups in total. The summed E-state index contributed by atoms with van der Waals surface area (Å²) in [6.45, 7) is 1.87. The van der Waals surface area contributed by atoms with Gasteiger partial charge in [-0.15, -0.1) is 11.6 Å². The highest BCUT2D eigenvalue weighted by Gasteiger charge is 2.51. The summed E-state index contributed by atoms with van der Waals surface area (Å²) in [6, 6.07) is 6.42. The van der Waals surface area contributed by atoms with E-state index in [2.05, 4.69) is 9.93 Å². The van der Waals surface area contributed by atoms with Gasteiger partial charge in [0.15, 0.2) is 5.78 Å². The Morgan fingerprint density at radius 2 is 1.81 bits per heavy atom. The monoisotopic (exact) mass is 326 g/mol. The Kier molecular flexibility index (Phi) is 3.53. The number of benzene rings is 1. The first kappa shape index (κ1) is 14.5. The van der Waals surface area contributed by atoms with E-state index in [9.17, 15) is 13.2 Å². The zero-order valence-electron chi connectivity index (χ0n) is 11.4. The van der Waals surface area contributed by atoms with Crippen LogP contribution in [0.15, 0.2) is 34.3 Å². The van der Waals surface area contributed by atoms with Crippen molar-refractivity contribution in [1.82, 2.24) is 4.83 Å². The van der Waals surface area contributed by atoms with Crippen LogP contribution in [-0.2, 0) is 14.8 Å². The van der Waals surface area contributed by atoms with Crippen LogP contribution in [0.25, 0.3) is 0 Å². The molecule has 1 aromatic carbocycles. The summed E-state index contributed by atoms with van der Waals surface area (Å²) in [4.78, 5) is 14.3. The van der Waals surface area contributed by atoms with Gasteiger partial charge in [0.2, 0.25) is 0 Å². The van der Waals surface area contributed by atoms with E-state index in [0.717, 1.165) is 18.4 Å². The summed E-state index contributed by atoms with van der Waals surface area (Å²) in [5.74, 6) is -0.470. The fourth-order valence-electron chi connectivity index (χ4n) is 2.91. The van der Waals surface area contributed by atoms with Crippen LogP contribution in [0.3, 0.4) is 0 Å². The van der Waals surface area contributed by atoms with Crippen molar-refractivity contribution < 1.29 is 13.2 Å². The number of hydrogen-bond acceptors (Lipinski definition) is 4. The lowest BCUT2D eigenvalue weighted by atomic mass is 9.97. The molecule has 2 saturated carbocycles. The molecule has 0 heterocycles. The highest BCUT2D eigenvalue weighted by molar-refractivity contribution is 7.89. The van der Waals surface area contributed by atoms with Crippen LogP contribution >= 0.6 is 11.6 Å². The highest BCUT2D eigenvalue weighted by Crippen LogP contribution is 2.43. The number of aryl methyl sites for hydroxylation is 1. The Hall–Kier alpha value is -1.40. The summed E-state index contributed by atoms with van der Waals surface area (Å²) in [5, 5.41) is 3.60. The highest BCUT2D eigenvalue weighted by atomic mass is 35.5. The molecule has 21 heavy (non-hydrogen) atoms. The Morgan fingerprint density at radius 1 is 1.19 bits per heavy atom. The van der Waals surface area contributed by atoms with E-state index >= 15 is 0 Å². The van der Waals surface area contributed by atoms with E-state index in [0.29, 0.717) is 0 Å². The summed E-state index contributed by atoms with van der Waals surface area (Å²) in [6.07, 6.45) is 1.55. The van der Waals surface area contributed by atoms with Gasteiger partial charge in [-0.1, -0.05) is 17.7 Å². The average Bonchev–Trinajstić information content (AvgIpc) is 2.91. The smallest absolute Gasteiger partial charge is 0.276 e. The summed E-state index contributed by atoms with van der Waals surface area (Å²) in [5.41, 5.74) is 1.23. The quantitative estimate of drug-likeness (QED) is 0.680. The van der Waals surface area contributed by atoms with Crippen LogP contribution in [0.1, 0.15) is 18.4 Å². The number of nitrogens with zero attached hydrogens (tertiary/aromatic N) is 1. The normalized spacial score (nSPS) is 30.1. The minimum atomic E-state index is -3.76. The molecule has 0 amide bonds. The molecule has 3 atom stereocenters. The first-order chi connectivity index (χ1) is 9.90. The minimum Gasteiger partial charge on any atom is -0.292 e. The predicted octanol–water partition coefficient (Wildman–Crippen LogP) is 1.85. The lowest BCUT2D eigenvalue weighted by Gasteiger charge is -2.11.